The van der Waals surface area contributed by atoms with Gasteiger partial charge < -0.3 is 4.57 Å². The second-order valence-corrected chi connectivity index (χ2v) is 7.05. The maximum absolute atomic E-state index is 11.2. The lowest BCUT2D eigenvalue weighted by Gasteiger charge is -2.10. The van der Waals surface area contributed by atoms with Crippen LogP contribution in [0.25, 0.3) is 32.8 Å². The number of fused-ring (bicyclic) bond motifs is 4. The van der Waals surface area contributed by atoms with Gasteiger partial charge in [-0.2, -0.15) is 0 Å². The van der Waals surface area contributed by atoms with Crippen LogP contribution in [-0.4, -0.2) is 14.5 Å². The molecule has 0 aliphatic carbocycles. The average molecular weight is 388 g/mol. The van der Waals surface area contributed by atoms with E-state index in [4.69, 9.17) is 16.6 Å². The van der Waals surface area contributed by atoms with Crippen molar-refractivity contribution in [3.05, 3.63) is 93.5 Å². The molecule has 0 unspecified atom stereocenters. The Hall–Kier alpha value is -3.44. The van der Waals surface area contributed by atoms with E-state index in [2.05, 4.69) is 16.7 Å². The zero-order valence-electron chi connectivity index (χ0n) is 14.7. The minimum Gasteiger partial charge on any atom is -0.333 e. The minimum atomic E-state index is -0.417. The van der Waals surface area contributed by atoms with E-state index in [1.165, 1.54) is 12.1 Å². The van der Waals surface area contributed by atoms with E-state index < -0.39 is 4.92 Å². The highest BCUT2D eigenvalue weighted by Gasteiger charge is 2.19. The number of benzene rings is 3. The summed E-state index contributed by atoms with van der Waals surface area (Å²) >= 11 is 6.81. The van der Waals surface area contributed by atoms with Crippen molar-refractivity contribution in [1.29, 1.82) is 0 Å². The van der Waals surface area contributed by atoms with Gasteiger partial charge in [-0.05, 0) is 17.7 Å². The third-order valence-corrected chi connectivity index (χ3v) is 5.38. The normalized spacial score (nSPS) is 11.5. The van der Waals surface area contributed by atoms with Crippen LogP contribution in [0, 0.1) is 10.1 Å². The molecule has 5 rings (SSSR count). The Bertz CT molecular complexity index is 1380. The van der Waals surface area contributed by atoms with Crippen molar-refractivity contribution in [3.8, 4) is 0 Å². The zero-order valence-corrected chi connectivity index (χ0v) is 15.4. The summed E-state index contributed by atoms with van der Waals surface area (Å²) in [5, 5.41) is 13.3. The average Bonchev–Trinajstić information content (AvgIpc) is 3.03. The highest BCUT2D eigenvalue weighted by molar-refractivity contribution is 6.41. The summed E-state index contributed by atoms with van der Waals surface area (Å²) in [5.41, 5.74) is 4.41. The molecule has 3 aromatic carbocycles. The molecule has 0 fully saturated rings. The van der Waals surface area contributed by atoms with Crippen LogP contribution in [0.15, 0.2) is 72.8 Å². The molecule has 0 aliphatic rings. The molecule has 0 N–H and O–H groups in total. The first-order valence-corrected chi connectivity index (χ1v) is 9.20. The van der Waals surface area contributed by atoms with Crippen LogP contribution in [0.3, 0.4) is 0 Å². The van der Waals surface area contributed by atoms with Crippen LogP contribution in [-0.2, 0) is 6.54 Å². The molecule has 2 aromatic heterocycles. The summed E-state index contributed by atoms with van der Waals surface area (Å²) in [6.07, 6.45) is 0. The predicted molar refractivity (Wildman–Crippen MR) is 112 cm³/mol. The monoisotopic (exact) mass is 387 g/mol. The number of non-ortho nitro benzene ring substituents is 1. The standard InChI is InChI=1S/C22H14ClN3O2/c23-20-17-12-15(26(27)28)10-11-18(17)24-21-16-8-4-5-9-19(16)25(22(20)21)13-14-6-2-1-3-7-14/h1-12H,13H2. The molecule has 5 aromatic rings. The molecular weight excluding hydrogens is 374 g/mol. The van der Waals surface area contributed by atoms with Gasteiger partial charge in [-0.1, -0.05) is 60.1 Å². The van der Waals surface area contributed by atoms with E-state index >= 15 is 0 Å². The Kier molecular flexibility index (Phi) is 3.77. The number of para-hydroxylation sites is 1. The third-order valence-electron chi connectivity index (χ3n) is 5.00. The molecular formula is C22H14ClN3O2. The molecule has 0 atom stereocenters. The molecule has 0 saturated carbocycles. The second kappa shape index (κ2) is 6.32. The van der Waals surface area contributed by atoms with Crippen LogP contribution in [0.2, 0.25) is 5.02 Å². The number of nitrogens with zero attached hydrogens (tertiary/aromatic N) is 3. The largest absolute Gasteiger partial charge is 0.333 e. The fraction of sp³-hybridized carbons (Fsp3) is 0.0455. The van der Waals surface area contributed by atoms with Crippen molar-refractivity contribution >= 4 is 50.1 Å². The molecule has 0 bridgehead atoms. The first-order chi connectivity index (χ1) is 13.6. The van der Waals surface area contributed by atoms with Gasteiger partial charge in [0, 0.05) is 29.4 Å². The van der Waals surface area contributed by atoms with Crippen LogP contribution in [0.5, 0.6) is 0 Å². The Morgan fingerprint density at radius 3 is 2.50 bits per heavy atom. The smallest absolute Gasteiger partial charge is 0.270 e. The second-order valence-electron chi connectivity index (χ2n) is 6.67. The summed E-state index contributed by atoms with van der Waals surface area (Å²) in [6.45, 7) is 0.632. The van der Waals surface area contributed by atoms with Gasteiger partial charge in [0.25, 0.3) is 5.69 Å². The van der Waals surface area contributed by atoms with Crippen LogP contribution < -0.4 is 0 Å². The number of aromatic nitrogens is 2. The molecule has 0 spiro atoms. The van der Waals surface area contributed by atoms with Crippen molar-refractivity contribution in [3.63, 3.8) is 0 Å². The van der Waals surface area contributed by atoms with Gasteiger partial charge in [0.1, 0.15) is 0 Å². The minimum absolute atomic E-state index is 0.00118. The van der Waals surface area contributed by atoms with Gasteiger partial charge in [0.2, 0.25) is 0 Å². The lowest BCUT2D eigenvalue weighted by atomic mass is 10.1. The van der Waals surface area contributed by atoms with Crippen LogP contribution in [0.4, 0.5) is 5.69 Å². The van der Waals surface area contributed by atoms with Gasteiger partial charge >= 0.3 is 0 Å². The van der Waals surface area contributed by atoms with Crippen molar-refractivity contribution in [1.82, 2.24) is 9.55 Å². The van der Waals surface area contributed by atoms with Gasteiger partial charge in [-0.25, -0.2) is 4.98 Å². The van der Waals surface area contributed by atoms with Gasteiger partial charge in [-0.15, -0.1) is 0 Å². The molecule has 0 amide bonds. The van der Waals surface area contributed by atoms with Crippen molar-refractivity contribution in [2.45, 2.75) is 6.54 Å². The SMILES string of the molecule is O=[N+]([O-])c1ccc2nc3c4ccccc4n(Cc4ccccc4)c3c(Cl)c2c1. The fourth-order valence-electron chi connectivity index (χ4n) is 3.71. The molecule has 0 saturated heterocycles. The Morgan fingerprint density at radius 2 is 1.71 bits per heavy atom. The summed E-state index contributed by atoms with van der Waals surface area (Å²) in [5.74, 6) is 0. The molecule has 136 valence electrons. The van der Waals surface area contributed by atoms with E-state index in [9.17, 15) is 10.1 Å². The maximum Gasteiger partial charge on any atom is 0.270 e. The van der Waals surface area contributed by atoms with E-state index in [0.717, 1.165) is 27.5 Å². The topological polar surface area (TPSA) is 61.0 Å². The van der Waals surface area contributed by atoms with E-state index in [1.807, 2.05) is 42.5 Å². The maximum atomic E-state index is 11.2. The highest BCUT2D eigenvalue weighted by Crippen LogP contribution is 2.38. The van der Waals surface area contributed by atoms with Crippen molar-refractivity contribution < 1.29 is 4.92 Å². The fourth-order valence-corrected chi connectivity index (χ4v) is 4.05. The zero-order chi connectivity index (χ0) is 19.3. The summed E-state index contributed by atoms with van der Waals surface area (Å²) < 4.78 is 2.13. The Morgan fingerprint density at radius 1 is 0.964 bits per heavy atom. The lowest BCUT2D eigenvalue weighted by molar-refractivity contribution is -0.384. The number of hydrogen-bond donors (Lipinski definition) is 0. The number of nitro benzene ring substituents is 1. The lowest BCUT2D eigenvalue weighted by Crippen LogP contribution is -2.00. The van der Waals surface area contributed by atoms with Crippen molar-refractivity contribution in [2.75, 3.05) is 0 Å². The quantitative estimate of drug-likeness (QED) is 0.284. The van der Waals surface area contributed by atoms with Crippen LogP contribution in [0.1, 0.15) is 5.56 Å². The van der Waals surface area contributed by atoms with Crippen LogP contribution >= 0.6 is 11.6 Å². The van der Waals surface area contributed by atoms with E-state index in [0.29, 0.717) is 22.5 Å². The number of halogens is 1. The molecule has 28 heavy (non-hydrogen) atoms. The van der Waals surface area contributed by atoms with Crippen molar-refractivity contribution in [2.24, 2.45) is 0 Å². The highest BCUT2D eigenvalue weighted by atomic mass is 35.5. The molecule has 2 heterocycles. The van der Waals surface area contributed by atoms with Gasteiger partial charge in [-0.3, -0.25) is 10.1 Å². The predicted octanol–water partition coefficient (Wildman–Crippen LogP) is 5.95. The van der Waals surface area contributed by atoms with Gasteiger partial charge in [0.15, 0.2) is 0 Å². The molecule has 0 radical (unpaired) electrons. The molecule has 5 nitrogen and oxygen atoms in total. The number of pyridine rings is 1. The summed E-state index contributed by atoms with van der Waals surface area (Å²) in [6, 6.07) is 22.8. The number of nitro groups is 1. The number of rotatable bonds is 3. The number of hydrogen-bond acceptors (Lipinski definition) is 3. The summed E-state index contributed by atoms with van der Waals surface area (Å²) in [7, 11) is 0. The summed E-state index contributed by atoms with van der Waals surface area (Å²) in [4.78, 5) is 15.6. The van der Waals surface area contributed by atoms with Gasteiger partial charge in [0.05, 0.1) is 32.0 Å². The van der Waals surface area contributed by atoms with E-state index in [-0.39, 0.29) is 5.69 Å². The Balaban J connectivity index is 1.89. The van der Waals surface area contributed by atoms with E-state index in [1.54, 1.807) is 6.07 Å². The first kappa shape index (κ1) is 16.7. The third kappa shape index (κ3) is 2.52. The molecule has 0 aliphatic heterocycles. The molecule has 6 heteroatoms. The Labute approximate surface area is 164 Å². The first-order valence-electron chi connectivity index (χ1n) is 8.82.